The van der Waals surface area contributed by atoms with Crippen molar-refractivity contribution in [3.05, 3.63) is 60.2 Å². The smallest absolute Gasteiger partial charge is 0.131 e. The van der Waals surface area contributed by atoms with Crippen LogP contribution in [0.15, 0.2) is 54.6 Å². The van der Waals surface area contributed by atoms with Crippen LogP contribution in [0.4, 0.5) is 0 Å². The lowest BCUT2D eigenvalue weighted by atomic mass is 10.00. The maximum Gasteiger partial charge on any atom is 0.131 e. The molecule has 0 fully saturated rings. The number of rotatable bonds is 8. The Balaban J connectivity index is 2.16. The fourth-order valence-corrected chi connectivity index (χ4v) is 2.78. The number of Topliss-reactive ketones (excluding diaryl/α,β-unsaturated/α-hetero) is 1. The number of hydrogen-bond acceptors (Lipinski definition) is 3. The van der Waals surface area contributed by atoms with Crippen molar-refractivity contribution < 1.29 is 9.53 Å². The third kappa shape index (κ3) is 4.93. The molecule has 122 valence electrons. The second-order valence-electron chi connectivity index (χ2n) is 5.63. The van der Waals surface area contributed by atoms with Gasteiger partial charge in [-0.15, -0.1) is 0 Å². The average Bonchev–Trinajstić information content (AvgIpc) is 2.56. The van der Waals surface area contributed by atoms with Gasteiger partial charge in [-0.2, -0.15) is 0 Å². The predicted molar refractivity (Wildman–Crippen MR) is 93.9 cm³/mol. The number of ketones is 1. The van der Waals surface area contributed by atoms with Gasteiger partial charge in [-0.3, -0.25) is 9.69 Å². The topological polar surface area (TPSA) is 29.5 Å². The quantitative estimate of drug-likeness (QED) is 0.698. The summed E-state index contributed by atoms with van der Waals surface area (Å²) in [5, 5.41) is 0. The molecule has 1 atom stereocenters. The lowest BCUT2D eigenvalue weighted by Crippen LogP contribution is -2.29. The van der Waals surface area contributed by atoms with Crippen LogP contribution in [0, 0.1) is 0 Å². The highest BCUT2D eigenvalue weighted by Crippen LogP contribution is 2.28. The Morgan fingerprint density at radius 1 is 0.957 bits per heavy atom. The fourth-order valence-electron chi connectivity index (χ4n) is 2.78. The zero-order chi connectivity index (χ0) is 16.7. The van der Waals surface area contributed by atoms with Gasteiger partial charge in [0.25, 0.3) is 0 Å². The van der Waals surface area contributed by atoms with Gasteiger partial charge in [0.1, 0.15) is 17.3 Å². The van der Waals surface area contributed by atoms with Gasteiger partial charge >= 0.3 is 0 Å². The van der Waals surface area contributed by atoms with Crippen molar-refractivity contribution >= 4 is 5.78 Å². The molecule has 0 saturated heterocycles. The van der Waals surface area contributed by atoms with Crippen molar-refractivity contribution in [2.75, 3.05) is 13.1 Å². The summed E-state index contributed by atoms with van der Waals surface area (Å²) in [6, 6.07) is 17.9. The van der Waals surface area contributed by atoms with Gasteiger partial charge in [-0.1, -0.05) is 44.2 Å². The SMILES string of the molecule is CCN(CC)C(CC(C)=O)c1ccc(Oc2ccccc2)cc1. The highest BCUT2D eigenvalue weighted by atomic mass is 16.5. The van der Waals surface area contributed by atoms with E-state index in [-0.39, 0.29) is 11.8 Å². The van der Waals surface area contributed by atoms with E-state index >= 15 is 0 Å². The molecule has 0 bridgehead atoms. The van der Waals surface area contributed by atoms with E-state index in [1.165, 1.54) is 0 Å². The minimum atomic E-state index is 0.133. The number of carbonyl (C=O) groups excluding carboxylic acids is 1. The van der Waals surface area contributed by atoms with Crippen LogP contribution in [-0.4, -0.2) is 23.8 Å². The molecule has 0 aliphatic rings. The van der Waals surface area contributed by atoms with Gasteiger partial charge in [-0.05, 0) is 49.8 Å². The first-order chi connectivity index (χ1) is 11.1. The molecule has 3 nitrogen and oxygen atoms in total. The highest BCUT2D eigenvalue weighted by molar-refractivity contribution is 5.76. The Morgan fingerprint density at radius 2 is 1.52 bits per heavy atom. The molecule has 0 radical (unpaired) electrons. The van der Waals surface area contributed by atoms with Crippen molar-refractivity contribution in [3.63, 3.8) is 0 Å². The maximum atomic E-state index is 11.6. The summed E-state index contributed by atoms with van der Waals surface area (Å²) < 4.78 is 5.83. The van der Waals surface area contributed by atoms with Crippen molar-refractivity contribution in [1.82, 2.24) is 4.90 Å². The maximum absolute atomic E-state index is 11.6. The normalized spacial score (nSPS) is 12.2. The molecule has 0 amide bonds. The van der Waals surface area contributed by atoms with Gasteiger partial charge in [0.05, 0.1) is 0 Å². The number of hydrogen-bond donors (Lipinski definition) is 0. The lowest BCUT2D eigenvalue weighted by molar-refractivity contribution is -0.118. The van der Waals surface area contributed by atoms with Crippen LogP contribution >= 0.6 is 0 Å². The van der Waals surface area contributed by atoms with E-state index in [2.05, 4.69) is 30.9 Å². The minimum absolute atomic E-state index is 0.133. The molecule has 0 saturated carbocycles. The number of benzene rings is 2. The van der Waals surface area contributed by atoms with Crippen molar-refractivity contribution in [2.24, 2.45) is 0 Å². The number of ether oxygens (including phenoxy) is 1. The van der Waals surface area contributed by atoms with Gasteiger partial charge in [0.2, 0.25) is 0 Å². The average molecular weight is 311 g/mol. The van der Waals surface area contributed by atoms with E-state index in [0.717, 1.165) is 30.2 Å². The summed E-state index contributed by atoms with van der Waals surface area (Å²) in [7, 11) is 0. The zero-order valence-electron chi connectivity index (χ0n) is 14.2. The summed E-state index contributed by atoms with van der Waals surface area (Å²) in [5.74, 6) is 1.84. The van der Waals surface area contributed by atoms with Crippen LogP contribution in [0.5, 0.6) is 11.5 Å². The lowest BCUT2D eigenvalue weighted by Gasteiger charge is -2.29. The van der Waals surface area contributed by atoms with E-state index < -0.39 is 0 Å². The molecule has 0 heterocycles. The van der Waals surface area contributed by atoms with E-state index in [0.29, 0.717) is 6.42 Å². The molecule has 0 N–H and O–H groups in total. The van der Waals surface area contributed by atoms with Gasteiger partial charge in [0.15, 0.2) is 0 Å². The first-order valence-electron chi connectivity index (χ1n) is 8.20. The zero-order valence-corrected chi connectivity index (χ0v) is 14.2. The molecule has 0 spiro atoms. The number of para-hydroxylation sites is 1. The Hall–Kier alpha value is -2.13. The second kappa shape index (κ2) is 8.49. The molecule has 2 rings (SSSR count). The Labute approximate surface area is 138 Å². The predicted octanol–water partition coefficient (Wildman–Crippen LogP) is 4.84. The first kappa shape index (κ1) is 17.2. The summed E-state index contributed by atoms with van der Waals surface area (Å²) in [5.41, 5.74) is 1.16. The van der Waals surface area contributed by atoms with Crippen LogP contribution in [0.3, 0.4) is 0 Å². The molecule has 1 unspecified atom stereocenters. The van der Waals surface area contributed by atoms with Crippen LogP contribution in [-0.2, 0) is 4.79 Å². The fraction of sp³-hybridized carbons (Fsp3) is 0.350. The summed E-state index contributed by atoms with van der Waals surface area (Å²) >= 11 is 0. The van der Waals surface area contributed by atoms with Crippen molar-refractivity contribution in [1.29, 1.82) is 0 Å². The van der Waals surface area contributed by atoms with Gasteiger partial charge in [-0.25, -0.2) is 0 Å². The molecule has 0 aliphatic carbocycles. The molecular weight excluding hydrogens is 286 g/mol. The van der Waals surface area contributed by atoms with Crippen LogP contribution < -0.4 is 4.74 Å². The van der Waals surface area contributed by atoms with E-state index in [9.17, 15) is 4.79 Å². The highest BCUT2D eigenvalue weighted by Gasteiger charge is 2.19. The monoisotopic (exact) mass is 311 g/mol. The Morgan fingerprint density at radius 3 is 2.04 bits per heavy atom. The molecular formula is C20H25NO2. The molecule has 3 heteroatoms. The molecule has 2 aromatic carbocycles. The third-order valence-electron chi connectivity index (χ3n) is 3.98. The Kier molecular flexibility index (Phi) is 6.36. The largest absolute Gasteiger partial charge is 0.457 e. The first-order valence-corrected chi connectivity index (χ1v) is 8.20. The van der Waals surface area contributed by atoms with Gasteiger partial charge in [0, 0.05) is 12.5 Å². The summed E-state index contributed by atoms with van der Waals surface area (Å²) in [4.78, 5) is 13.9. The number of carbonyl (C=O) groups is 1. The summed E-state index contributed by atoms with van der Waals surface area (Å²) in [6.07, 6.45) is 0.542. The van der Waals surface area contributed by atoms with Gasteiger partial charge < -0.3 is 4.74 Å². The number of nitrogens with zero attached hydrogens (tertiary/aromatic N) is 1. The Bertz CT molecular complexity index is 603. The molecule has 2 aromatic rings. The molecule has 0 aliphatic heterocycles. The van der Waals surface area contributed by atoms with Crippen LogP contribution in [0.2, 0.25) is 0 Å². The van der Waals surface area contributed by atoms with E-state index in [4.69, 9.17) is 4.74 Å². The van der Waals surface area contributed by atoms with Crippen LogP contribution in [0.25, 0.3) is 0 Å². The standard InChI is InChI=1S/C20H25NO2/c1-4-21(5-2)20(15-16(3)22)17-11-13-19(14-12-17)23-18-9-7-6-8-10-18/h6-14,20H,4-5,15H2,1-3H3. The van der Waals surface area contributed by atoms with E-state index in [1.807, 2.05) is 42.5 Å². The third-order valence-corrected chi connectivity index (χ3v) is 3.98. The van der Waals surface area contributed by atoms with E-state index in [1.54, 1.807) is 6.92 Å². The summed E-state index contributed by atoms with van der Waals surface area (Å²) in [6.45, 7) is 7.77. The van der Waals surface area contributed by atoms with Crippen molar-refractivity contribution in [2.45, 2.75) is 33.2 Å². The minimum Gasteiger partial charge on any atom is -0.457 e. The van der Waals surface area contributed by atoms with Crippen molar-refractivity contribution in [3.8, 4) is 11.5 Å². The van der Waals surface area contributed by atoms with Crippen LogP contribution in [0.1, 0.15) is 38.8 Å². The molecule has 23 heavy (non-hydrogen) atoms. The molecule has 0 aromatic heterocycles. The second-order valence-corrected chi connectivity index (χ2v) is 5.63.